The van der Waals surface area contributed by atoms with E-state index in [2.05, 4.69) is 26.1 Å². The van der Waals surface area contributed by atoms with Crippen LogP contribution in [0.1, 0.15) is 38.8 Å². The molecule has 0 fully saturated rings. The van der Waals surface area contributed by atoms with Crippen molar-refractivity contribution in [3.8, 4) is 23.8 Å². The highest BCUT2D eigenvalue weighted by atomic mass is 35.5. The molecule has 3 heterocycles. The zero-order valence-electron chi connectivity index (χ0n) is 29.7. The molecule has 296 valence electrons. The third-order valence-corrected chi connectivity index (χ3v) is 9.48. The van der Waals surface area contributed by atoms with Crippen molar-refractivity contribution in [3.05, 3.63) is 86.4 Å². The monoisotopic (exact) mass is 846 g/mol. The SMILES string of the molecule is C#CCOc1cc(-n2nc(C(C)(C)C)oc2=O)c(Cl)cc1Cl.CP(=O)(O)CCC(N)C(=O)O.Cc1ccn2nc(S(=O)(=O)Nc3c(F)cccc3F)nc2n1. The lowest BCUT2D eigenvalue weighted by Gasteiger charge is -2.11. The molecule has 0 spiro atoms. The molecule has 17 nitrogen and oxygen atoms in total. The van der Waals surface area contributed by atoms with E-state index in [1.54, 1.807) is 17.7 Å². The number of carbonyl (C=O) groups is 1. The third kappa shape index (κ3) is 12.6. The molecule has 2 unspecified atom stereocenters. The van der Waals surface area contributed by atoms with Gasteiger partial charge < -0.3 is 24.9 Å². The molecule has 2 atom stereocenters. The molecule has 5 N–H and O–H groups in total. The molecule has 3 aromatic heterocycles. The standard InChI is InChI=1S/C15H14Cl2N2O3.C12H9F2N5O2S.C5H12NO4P/c1-5-6-21-12-8-11(9(16)7-10(12)17)19-14(20)22-13(18-19)15(2,3)4;1-7-5-6-19-11(15-7)16-12(17-19)22(20,21)18-10-8(13)3-2-4-9(10)14;1-11(9,10)3-2-4(6)5(7)8/h1,7-8H,6H2,2-4H3;2-6,18H,1H3;4H,2-3,6H2,1H3,(H,7,8)(H,9,10). The second kappa shape index (κ2) is 18.2. The van der Waals surface area contributed by atoms with Crippen LogP contribution in [0.2, 0.25) is 10.0 Å². The van der Waals surface area contributed by atoms with E-state index in [0.29, 0.717) is 23.0 Å². The van der Waals surface area contributed by atoms with E-state index < -0.39 is 63.1 Å². The summed E-state index contributed by atoms with van der Waals surface area (Å²) in [7, 11) is -7.45. The number of para-hydroxylation sites is 1. The number of rotatable bonds is 10. The number of hydrogen-bond donors (Lipinski definition) is 4. The van der Waals surface area contributed by atoms with Gasteiger partial charge in [-0.2, -0.15) is 18.1 Å². The van der Waals surface area contributed by atoms with Crippen molar-refractivity contribution in [1.82, 2.24) is 29.4 Å². The van der Waals surface area contributed by atoms with Crippen LogP contribution in [0.5, 0.6) is 5.75 Å². The second-order valence-electron chi connectivity index (χ2n) is 12.5. The van der Waals surface area contributed by atoms with E-state index in [9.17, 15) is 31.4 Å². The fraction of sp³-hybridized carbons (Fsp3) is 0.312. The van der Waals surface area contributed by atoms with Gasteiger partial charge in [-0.25, -0.2) is 23.1 Å². The predicted octanol–water partition coefficient (Wildman–Crippen LogP) is 4.64. The van der Waals surface area contributed by atoms with Gasteiger partial charge in [-0.1, -0.05) is 56.0 Å². The number of carboxylic acids is 1. The maximum atomic E-state index is 13.5. The van der Waals surface area contributed by atoms with Crippen LogP contribution in [0.25, 0.3) is 11.5 Å². The summed E-state index contributed by atoms with van der Waals surface area (Å²) in [6.45, 7) is 8.58. The van der Waals surface area contributed by atoms with Crippen LogP contribution < -0.4 is 20.9 Å². The van der Waals surface area contributed by atoms with E-state index in [1.165, 1.54) is 25.0 Å². The summed E-state index contributed by atoms with van der Waals surface area (Å²) >= 11 is 12.2. The number of ether oxygens (including phenoxy) is 1. The van der Waals surface area contributed by atoms with Gasteiger partial charge in [0.05, 0.1) is 15.7 Å². The smallest absolute Gasteiger partial charge is 0.442 e. The summed E-state index contributed by atoms with van der Waals surface area (Å²) in [5.74, 6) is -0.851. The van der Waals surface area contributed by atoms with E-state index in [-0.39, 0.29) is 35.0 Å². The third-order valence-electron chi connectivity index (χ3n) is 6.67. The lowest BCUT2D eigenvalue weighted by Crippen LogP contribution is -2.30. The normalized spacial score (nSPS) is 13.0. The number of nitrogens with one attached hydrogen (secondary N) is 1. The predicted molar refractivity (Wildman–Crippen MR) is 199 cm³/mol. The van der Waals surface area contributed by atoms with Crippen molar-refractivity contribution in [3.63, 3.8) is 0 Å². The molecule has 0 saturated heterocycles. The van der Waals surface area contributed by atoms with Crippen LogP contribution in [-0.2, 0) is 24.8 Å². The minimum Gasteiger partial charge on any atom is -0.480 e. The number of nitrogens with zero attached hydrogens (tertiary/aromatic N) is 6. The Balaban J connectivity index is 0.000000235. The van der Waals surface area contributed by atoms with Crippen molar-refractivity contribution in [1.29, 1.82) is 0 Å². The van der Waals surface area contributed by atoms with Crippen LogP contribution in [0.3, 0.4) is 0 Å². The van der Waals surface area contributed by atoms with Gasteiger partial charge in [0.1, 0.15) is 35.7 Å². The first-order valence-corrected chi connectivity index (χ1v) is 20.1. The molecule has 0 aliphatic rings. The summed E-state index contributed by atoms with van der Waals surface area (Å²) < 4.78 is 76.5. The Morgan fingerprint density at radius 1 is 1.16 bits per heavy atom. The molecular weight excluding hydrogens is 812 g/mol. The van der Waals surface area contributed by atoms with E-state index in [1.807, 2.05) is 20.8 Å². The first-order valence-electron chi connectivity index (χ1n) is 15.5. The minimum absolute atomic E-state index is 0.0412. The van der Waals surface area contributed by atoms with Gasteiger partial charge in [0, 0.05) is 36.2 Å². The average Bonchev–Trinajstić information content (AvgIpc) is 3.69. The minimum atomic E-state index is -4.35. The quantitative estimate of drug-likeness (QED) is 0.111. The molecule has 2 aromatic carbocycles. The van der Waals surface area contributed by atoms with Gasteiger partial charge in [-0.05, 0) is 37.6 Å². The number of hydrogen-bond acceptors (Lipinski definition) is 12. The first kappa shape index (κ1) is 44.5. The van der Waals surface area contributed by atoms with Crippen LogP contribution in [-0.4, -0.2) is 79.2 Å². The number of carboxylic acid groups (broad SMARTS) is 1. The Labute approximate surface area is 323 Å². The number of terminal acetylenes is 1. The average molecular weight is 848 g/mol. The van der Waals surface area contributed by atoms with Crippen molar-refractivity contribution < 1.29 is 45.7 Å². The number of sulfonamides is 1. The highest BCUT2D eigenvalue weighted by Gasteiger charge is 2.26. The van der Waals surface area contributed by atoms with Gasteiger partial charge in [-0.3, -0.25) is 14.1 Å². The molecule has 5 aromatic rings. The van der Waals surface area contributed by atoms with Crippen LogP contribution >= 0.6 is 30.6 Å². The summed E-state index contributed by atoms with van der Waals surface area (Å²) in [5, 5.41) is 16.1. The first-order chi connectivity index (χ1) is 25.4. The largest absolute Gasteiger partial charge is 0.480 e. The molecule has 0 aliphatic heterocycles. The van der Waals surface area contributed by atoms with Gasteiger partial charge in [0.25, 0.3) is 21.0 Å². The van der Waals surface area contributed by atoms with Gasteiger partial charge in [-0.15, -0.1) is 16.6 Å². The molecule has 55 heavy (non-hydrogen) atoms. The fourth-order valence-electron chi connectivity index (χ4n) is 3.88. The Morgan fingerprint density at radius 3 is 2.35 bits per heavy atom. The van der Waals surface area contributed by atoms with Crippen LogP contribution in [0.15, 0.2) is 57.0 Å². The van der Waals surface area contributed by atoms with E-state index in [0.717, 1.165) is 27.4 Å². The summed E-state index contributed by atoms with van der Waals surface area (Å²) in [4.78, 5) is 38.6. The summed E-state index contributed by atoms with van der Waals surface area (Å²) in [6.07, 6.45) is 6.63. The van der Waals surface area contributed by atoms with Gasteiger partial charge in [0.15, 0.2) is 7.37 Å². The topological polar surface area (TPSA) is 247 Å². The van der Waals surface area contributed by atoms with Gasteiger partial charge >= 0.3 is 11.7 Å². The molecule has 0 radical (unpaired) electrons. The molecule has 0 saturated carbocycles. The van der Waals surface area contributed by atoms with Crippen molar-refractivity contribution >= 4 is 58.0 Å². The molecule has 0 aliphatic carbocycles. The highest BCUT2D eigenvalue weighted by molar-refractivity contribution is 7.92. The Hall–Kier alpha value is -4.90. The lowest BCUT2D eigenvalue weighted by atomic mass is 9.97. The zero-order valence-corrected chi connectivity index (χ0v) is 32.9. The number of nitrogens with two attached hydrogens (primary N) is 1. The number of anilines is 1. The summed E-state index contributed by atoms with van der Waals surface area (Å²) in [5.41, 5.74) is 4.82. The lowest BCUT2D eigenvalue weighted by molar-refractivity contribution is -0.138. The Morgan fingerprint density at radius 2 is 1.80 bits per heavy atom. The number of halogens is 4. The molecule has 5 rings (SSSR count). The highest BCUT2D eigenvalue weighted by Crippen LogP contribution is 2.36. The van der Waals surface area contributed by atoms with Crippen molar-refractivity contribution in [2.24, 2.45) is 5.73 Å². The summed E-state index contributed by atoms with van der Waals surface area (Å²) in [6, 6.07) is 6.53. The molecule has 23 heteroatoms. The molecular formula is C32H35Cl2F2N8O9PS. The van der Waals surface area contributed by atoms with Crippen molar-refractivity contribution in [2.45, 2.75) is 50.7 Å². The van der Waals surface area contributed by atoms with Crippen LogP contribution in [0, 0.1) is 30.9 Å². The van der Waals surface area contributed by atoms with Gasteiger partial charge in [0.2, 0.25) is 5.89 Å². The van der Waals surface area contributed by atoms with Crippen molar-refractivity contribution in [2.75, 3.05) is 24.2 Å². The maximum absolute atomic E-state index is 13.5. The number of benzene rings is 2. The number of fused-ring (bicyclic) bond motifs is 1. The Bertz CT molecular complexity index is 2420. The maximum Gasteiger partial charge on any atom is 0.442 e. The second-order valence-corrected chi connectivity index (χ2v) is 17.4. The number of aliphatic carboxylic acids is 1. The molecule has 0 amide bonds. The van der Waals surface area contributed by atoms with E-state index in [4.69, 9.17) is 54.5 Å². The Kier molecular flexibility index (Phi) is 14.7. The van der Waals surface area contributed by atoms with Crippen LogP contribution in [0.4, 0.5) is 14.5 Å². The zero-order chi connectivity index (χ0) is 41.5. The molecule has 0 bridgehead atoms. The number of aromatic nitrogens is 6. The fourth-order valence-corrected chi connectivity index (χ4v) is 6.11. The van der Waals surface area contributed by atoms with E-state index >= 15 is 0 Å². The number of aryl methyl sites for hydroxylation is 1.